The second kappa shape index (κ2) is 20.4. The van der Waals surface area contributed by atoms with E-state index in [0.717, 1.165) is 44.9 Å². The number of phosphoric acid groups is 2. The van der Waals surface area contributed by atoms with Crippen molar-refractivity contribution in [3.05, 3.63) is 0 Å². The van der Waals surface area contributed by atoms with Gasteiger partial charge in [0.15, 0.2) is 0 Å². The van der Waals surface area contributed by atoms with Gasteiger partial charge in [-0.2, -0.15) is 0 Å². The zero-order valence-electron chi connectivity index (χ0n) is 19.5. The summed E-state index contributed by atoms with van der Waals surface area (Å²) in [4.78, 5) is 42.5. The molecule has 0 spiro atoms. The zero-order chi connectivity index (χ0) is 19.8. The van der Waals surface area contributed by atoms with Crippen molar-refractivity contribution in [3.63, 3.8) is 0 Å². The Labute approximate surface area is 264 Å². The van der Waals surface area contributed by atoms with Crippen molar-refractivity contribution in [3.8, 4) is 0 Å². The quantitative estimate of drug-likeness (QED) is 0.132. The maximum atomic E-state index is 10.6. The average Bonchev–Trinajstić information content (AvgIpc) is 2.30. The van der Waals surface area contributed by atoms with Gasteiger partial charge < -0.3 is 37.8 Å². The second-order valence-corrected chi connectivity index (χ2v) is 9.73. The SMILES string of the molecule is CC(C)(CCCCCCCCCC(C)(C)OP(=O)([O-])[O-])OP(=O)([O-])[O-].[Na+].[Na+].[Na+].[Na+]. The van der Waals surface area contributed by atoms with Crippen LogP contribution in [-0.4, -0.2) is 11.2 Å². The van der Waals surface area contributed by atoms with Gasteiger partial charge in [0.05, 0.1) is 26.8 Å². The normalized spacial score (nSPS) is 12.1. The third-order valence-electron chi connectivity index (χ3n) is 3.78. The molecule has 0 bridgehead atoms. The first-order valence-corrected chi connectivity index (χ1v) is 11.5. The van der Waals surface area contributed by atoms with E-state index in [1.165, 1.54) is 0 Å². The first kappa shape index (κ1) is 43.3. The molecule has 0 aliphatic heterocycles. The Bertz CT molecular complexity index is 441. The van der Waals surface area contributed by atoms with E-state index in [9.17, 15) is 28.7 Å². The summed E-state index contributed by atoms with van der Waals surface area (Å²) in [7, 11) is -9.91. The van der Waals surface area contributed by atoms with Gasteiger partial charge in [-0.15, -0.1) is 0 Å². The maximum absolute atomic E-state index is 10.6. The molecule has 0 fully saturated rings. The molecule has 29 heavy (non-hydrogen) atoms. The fourth-order valence-electron chi connectivity index (χ4n) is 2.68. The molecule has 0 radical (unpaired) electrons. The van der Waals surface area contributed by atoms with Crippen LogP contribution in [-0.2, 0) is 18.2 Å². The van der Waals surface area contributed by atoms with E-state index < -0.39 is 26.8 Å². The third kappa shape index (κ3) is 32.2. The minimum absolute atomic E-state index is 0. The Morgan fingerprint density at radius 2 is 0.759 bits per heavy atom. The molecular weight excluding hydrogens is 462 g/mol. The summed E-state index contributed by atoms with van der Waals surface area (Å²) in [6.07, 6.45) is 7.35. The van der Waals surface area contributed by atoms with Crippen LogP contribution in [0, 0.1) is 0 Å². The van der Waals surface area contributed by atoms with E-state index in [1.807, 2.05) is 0 Å². The van der Waals surface area contributed by atoms with Crippen LogP contribution in [0.15, 0.2) is 0 Å². The van der Waals surface area contributed by atoms with Crippen LogP contribution in [0.2, 0.25) is 0 Å². The van der Waals surface area contributed by atoms with Gasteiger partial charge in [0.1, 0.15) is 0 Å². The van der Waals surface area contributed by atoms with E-state index >= 15 is 0 Å². The van der Waals surface area contributed by atoms with Gasteiger partial charge in [-0.1, -0.05) is 44.9 Å². The van der Waals surface area contributed by atoms with Crippen LogP contribution in [0.5, 0.6) is 0 Å². The van der Waals surface area contributed by atoms with Gasteiger partial charge >= 0.3 is 118 Å². The van der Waals surface area contributed by atoms with Gasteiger partial charge in [0.25, 0.3) is 0 Å². The first-order chi connectivity index (χ1) is 11.1. The fourth-order valence-corrected chi connectivity index (χ4v) is 4.08. The Morgan fingerprint density at radius 1 is 0.552 bits per heavy atom. The molecule has 0 saturated carbocycles. The third-order valence-corrected chi connectivity index (χ3v) is 5.21. The number of unbranched alkanes of at least 4 members (excludes halogenated alkanes) is 6. The molecule has 0 heterocycles. The van der Waals surface area contributed by atoms with Crippen molar-refractivity contribution >= 4 is 15.6 Å². The van der Waals surface area contributed by atoms with Crippen LogP contribution in [0.4, 0.5) is 0 Å². The predicted octanol–water partition coefficient (Wildman–Crippen LogP) is -10.2. The van der Waals surface area contributed by atoms with Gasteiger partial charge in [0, 0.05) is 0 Å². The van der Waals surface area contributed by atoms with Crippen LogP contribution >= 0.6 is 15.6 Å². The summed E-state index contributed by atoms with van der Waals surface area (Å²) in [5, 5.41) is 0. The molecule has 0 rings (SSSR count). The minimum Gasteiger partial charge on any atom is -0.790 e. The summed E-state index contributed by atoms with van der Waals surface area (Å²) < 4.78 is 30.3. The Balaban J connectivity index is -0.000000480. The monoisotopic (exact) mass is 492 g/mol. The molecule has 0 N–H and O–H groups in total. The van der Waals surface area contributed by atoms with Crippen molar-refractivity contribution in [2.24, 2.45) is 0 Å². The van der Waals surface area contributed by atoms with Crippen LogP contribution in [0.1, 0.15) is 85.5 Å². The zero-order valence-corrected chi connectivity index (χ0v) is 29.3. The molecule has 8 nitrogen and oxygen atoms in total. The van der Waals surface area contributed by atoms with E-state index in [-0.39, 0.29) is 118 Å². The molecule has 0 aliphatic rings. The summed E-state index contributed by atoms with van der Waals surface area (Å²) in [6, 6.07) is 0. The molecule has 0 aliphatic carbocycles. The minimum atomic E-state index is -4.96. The molecular formula is C15H30Na4O8P2. The number of hydrogen-bond donors (Lipinski definition) is 0. The van der Waals surface area contributed by atoms with Crippen LogP contribution in [0.25, 0.3) is 0 Å². The van der Waals surface area contributed by atoms with E-state index in [4.69, 9.17) is 0 Å². The molecule has 0 amide bonds. The fraction of sp³-hybridized carbons (Fsp3) is 1.00. The maximum Gasteiger partial charge on any atom is 1.00 e. The van der Waals surface area contributed by atoms with E-state index in [2.05, 4.69) is 9.05 Å². The van der Waals surface area contributed by atoms with Crippen LogP contribution in [0.3, 0.4) is 0 Å². The molecule has 0 aromatic heterocycles. The van der Waals surface area contributed by atoms with Gasteiger partial charge in [-0.25, -0.2) is 0 Å². The van der Waals surface area contributed by atoms with Crippen molar-refractivity contribution < 1.29 is 156 Å². The molecule has 0 unspecified atom stereocenters. The number of hydrogen-bond acceptors (Lipinski definition) is 8. The standard InChI is InChI=1S/C15H34O8P2.4Na/c1-14(2,22-24(16,17)18)12-10-8-6-5-7-9-11-13-15(3,4)23-25(19,20)21;;;;/h5-13H2,1-4H3,(H2,16,17,18)(H2,19,20,21);;;;/q;4*+1/p-4. The van der Waals surface area contributed by atoms with Crippen molar-refractivity contribution in [1.82, 2.24) is 0 Å². The largest absolute Gasteiger partial charge is 1.00 e. The smallest absolute Gasteiger partial charge is 0.790 e. The summed E-state index contributed by atoms with van der Waals surface area (Å²) in [6.45, 7) is 6.34. The number of phosphoric ester groups is 2. The molecule has 0 atom stereocenters. The molecule has 14 heteroatoms. The summed E-state index contributed by atoms with van der Waals surface area (Å²) >= 11 is 0. The molecule has 152 valence electrons. The second-order valence-electron chi connectivity index (χ2n) is 7.57. The number of rotatable bonds is 14. The predicted molar refractivity (Wildman–Crippen MR) is 87.1 cm³/mol. The van der Waals surface area contributed by atoms with E-state index in [1.54, 1.807) is 27.7 Å². The Kier molecular flexibility index (Phi) is 30.5. The summed E-state index contributed by atoms with van der Waals surface area (Å²) in [5.41, 5.74) is -1.93. The Morgan fingerprint density at radius 3 is 0.966 bits per heavy atom. The molecule has 0 aromatic rings. The molecule has 0 saturated heterocycles. The van der Waals surface area contributed by atoms with E-state index in [0.29, 0.717) is 12.8 Å². The van der Waals surface area contributed by atoms with Crippen molar-refractivity contribution in [1.29, 1.82) is 0 Å². The van der Waals surface area contributed by atoms with Gasteiger partial charge in [0.2, 0.25) is 0 Å². The van der Waals surface area contributed by atoms with Crippen molar-refractivity contribution in [2.75, 3.05) is 0 Å². The van der Waals surface area contributed by atoms with Crippen molar-refractivity contribution in [2.45, 2.75) is 96.7 Å². The van der Waals surface area contributed by atoms with Gasteiger partial charge in [-0.3, -0.25) is 0 Å². The first-order valence-electron chi connectivity index (χ1n) is 8.58. The topological polar surface area (TPSA) is 145 Å². The van der Waals surface area contributed by atoms with Gasteiger partial charge in [-0.05, 0) is 40.5 Å². The average molecular weight is 492 g/mol. The van der Waals surface area contributed by atoms with Crippen LogP contribution < -0.4 is 138 Å². The molecule has 0 aromatic carbocycles. The summed E-state index contributed by atoms with van der Waals surface area (Å²) in [5.74, 6) is 0. The Hall–Kier alpha value is 4.22.